The summed E-state index contributed by atoms with van der Waals surface area (Å²) < 4.78 is 15.7. The second-order valence-electron chi connectivity index (χ2n) is 5.75. The maximum absolute atomic E-state index is 12.4. The number of carbonyl (C=O) groups is 1. The van der Waals surface area contributed by atoms with Gasteiger partial charge in [-0.15, -0.1) is 0 Å². The minimum Gasteiger partial charge on any atom is -0.496 e. The van der Waals surface area contributed by atoms with Gasteiger partial charge in [-0.3, -0.25) is 4.79 Å². The van der Waals surface area contributed by atoms with Crippen LogP contribution in [0.5, 0.6) is 5.75 Å². The molecule has 0 saturated carbocycles. The summed E-state index contributed by atoms with van der Waals surface area (Å²) in [6.07, 6.45) is 3.40. The third kappa shape index (κ3) is 5.22. The molecule has 1 aromatic rings. The largest absolute Gasteiger partial charge is 0.496 e. The standard InChI is InChI=1S/C18H27NO4/c1-21-12-13-23-11-9-18(20)19-10-5-7-16(19)14-15-6-3-4-8-17(15)22-2/h3-4,6,8,16H,5,7,9-14H2,1-2H3/t16-/m1/s1. The van der Waals surface area contributed by atoms with Gasteiger partial charge >= 0.3 is 0 Å². The van der Waals surface area contributed by atoms with E-state index < -0.39 is 0 Å². The van der Waals surface area contributed by atoms with Crippen LogP contribution in [0.3, 0.4) is 0 Å². The van der Waals surface area contributed by atoms with Crippen LogP contribution < -0.4 is 4.74 Å². The fourth-order valence-corrected chi connectivity index (χ4v) is 3.05. The molecule has 1 aliphatic rings. The lowest BCUT2D eigenvalue weighted by molar-refractivity contribution is -0.133. The summed E-state index contributed by atoms with van der Waals surface area (Å²) in [7, 11) is 3.33. The van der Waals surface area contributed by atoms with Gasteiger partial charge in [0.15, 0.2) is 0 Å². The molecular weight excluding hydrogens is 294 g/mol. The third-order valence-electron chi connectivity index (χ3n) is 4.24. The molecule has 0 spiro atoms. The number of ether oxygens (including phenoxy) is 3. The molecule has 0 radical (unpaired) electrons. The summed E-state index contributed by atoms with van der Waals surface area (Å²) in [5, 5.41) is 0. The number of benzene rings is 1. The van der Waals surface area contributed by atoms with E-state index in [1.807, 2.05) is 23.1 Å². The van der Waals surface area contributed by atoms with Gasteiger partial charge in [0.2, 0.25) is 5.91 Å². The number of carbonyl (C=O) groups excluding carboxylic acids is 1. The molecule has 1 aromatic carbocycles. The minimum absolute atomic E-state index is 0.180. The molecule has 1 amide bonds. The quantitative estimate of drug-likeness (QED) is 0.655. The Balaban J connectivity index is 1.85. The van der Waals surface area contributed by atoms with Crippen LogP contribution in [0.25, 0.3) is 0 Å². The zero-order valence-corrected chi connectivity index (χ0v) is 14.1. The molecular formula is C18H27NO4. The minimum atomic E-state index is 0.180. The van der Waals surface area contributed by atoms with Gasteiger partial charge in [-0.05, 0) is 30.9 Å². The first-order chi connectivity index (χ1) is 11.3. The molecule has 1 aliphatic heterocycles. The average Bonchev–Trinajstić information content (AvgIpc) is 3.03. The molecule has 5 heteroatoms. The second kappa shape index (κ2) is 9.53. The van der Waals surface area contributed by atoms with Crippen molar-refractivity contribution in [1.29, 1.82) is 0 Å². The van der Waals surface area contributed by atoms with Crippen LogP contribution in [0.15, 0.2) is 24.3 Å². The van der Waals surface area contributed by atoms with Gasteiger partial charge in [-0.1, -0.05) is 18.2 Å². The van der Waals surface area contributed by atoms with Crippen LogP contribution in [-0.4, -0.2) is 57.4 Å². The average molecular weight is 321 g/mol. The first-order valence-electron chi connectivity index (χ1n) is 8.24. The molecule has 0 aliphatic carbocycles. The van der Waals surface area contributed by atoms with Crippen LogP contribution in [0, 0.1) is 0 Å². The third-order valence-corrected chi connectivity index (χ3v) is 4.24. The zero-order chi connectivity index (χ0) is 16.5. The van der Waals surface area contributed by atoms with E-state index in [-0.39, 0.29) is 11.9 Å². The predicted molar refractivity (Wildman–Crippen MR) is 88.7 cm³/mol. The topological polar surface area (TPSA) is 48.0 Å². The highest BCUT2D eigenvalue weighted by Crippen LogP contribution is 2.26. The summed E-state index contributed by atoms with van der Waals surface area (Å²) in [6.45, 7) is 2.40. The molecule has 0 N–H and O–H groups in total. The predicted octanol–water partition coefficient (Wildman–Crippen LogP) is 2.28. The molecule has 5 nitrogen and oxygen atoms in total. The van der Waals surface area contributed by atoms with Crippen LogP contribution in [0.4, 0.5) is 0 Å². The van der Waals surface area contributed by atoms with Gasteiger partial charge in [-0.25, -0.2) is 0 Å². The highest BCUT2D eigenvalue weighted by molar-refractivity contribution is 5.77. The number of hydrogen-bond acceptors (Lipinski definition) is 4. The van der Waals surface area contributed by atoms with Gasteiger partial charge in [-0.2, -0.15) is 0 Å². The van der Waals surface area contributed by atoms with Crippen LogP contribution in [0.1, 0.15) is 24.8 Å². The van der Waals surface area contributed by atoms with Crippen molar-refractivity contribution >= 4 is 5.91 Å². The van der Waals surface area contributed by atoms with E-state index in [0.29, 0.717) is 26.2 Å². The van der Waals surface area contributed by atoms with E-state index in [9.17, 15) is 4.79 Å². The van der Waals surface area contributed by atoms with Crippen LogP contribution >= 0.6 is 0 Å². The Morgan fingerprint density at radius 3 is 2.83 bits per heavy atom. The maximum atomic E-state index is 12.4. The summed E-state index contributed by atoms with van der Waals surface area (Å²) in [5.41, 5.74) is 1.16. The number of amides is 1. The molecule has 1 saturated heterocycles. The van der Waals surface area contributed by atoms with E-state index in [2.05, 4.69) is 6.07 Å². The molecule has 2 rings (SSSR count). The first kappa shape index (κ1) is 17.8. The smallest absolute Gasteiger partial charge is 0.225 e. The number of rotatable bonds is 9. The van der Waals surface area contributed by atoms with E-state index in [4.69, 9.17) is 14.2 Å². The summed E-state index contributed by atoms with van der Waals surface area (Å²) in [5.74, 6) is 1.08. The highest BCUT2D eigenvalue weighted by Gasteiger charge is 2.29. The monoisotopic (exact) mass is 321 g/mol. The Morgan fingerprint density at radius 2 is 2.04 bits per heavy atom. The number of nitrogens with zero attached hydrogens (tertiary/aromatic N) is 1. The highest BCUT2D eigenvalue weighted by atomic mass is 16.5. The number of para-hydroxylation sites is 1. The van der Waals surface area contributed by atoms with Gasteiger partial charge in [0.25, 0.3) is 0 Å². The van der Waals surface area contributed by atoms with Gasteiger partial charge in [0.05, 0.1) is 33.4 Å². The van der Waals surface area contributed by atoms with Crippen molar-refractivity contribution in [1.82, 2.24) is 4.90 Å². The van der Waals surface area contributed by atoms with Crippen molar-refractivity contribution in [2.24, 2.45) is 0 Å². The summed E-state index contributed by atoms with van der Waals surface area (Å²) in [4.78, 5) is 14.4. The molecule has 1 atom stereocenters. The Morgan fingerprint density at radius 1 is 1.22 bits per heavy atom. The number of hydrogen-bond donors (Lipinski definition) is 0. The van der Waals surface area contributed by atoms with Gasteiger partial charge < -0.3 is 19.1 Å². The fraction of sp³-hybridized carbons (Fsp3) is 0.611. The molecule has 0 bridgehead atoms. The lowest BCUT2D eigenvalue weighted by Gasteiger charge is -2.25. The van der Waals surface area contributed by atoms with Crippen molar-refractivity contribution in [3.8, 4) is 5.75 Å². The molecule has 23 heavy (non-hydrogen) atoms. The van der Waals surface area contributed by atoms with Crippen molar-refractivity contribution < 1.29 is 19.0 Å². The van der Waals surface area contributed by atoms with E-state index in [0.717, 1.165) is 37.1 Å². The number of likely N-dealkylation sites (tertiary alicyclic amines) is 1. The van der Waals surface area contributed by atoms with Crippen molar-refractivity contribution in [3.63, 3.8) is 0 Å². The van der Waals surface area contributed by atoms with Gasteiger partial charge in [0, 0.05) is 19.7 Å². The van der Waals surface area contributed by atoms with Crippen LogP contribution in [-0.2, 0) is 20.7 Å². The SMILES string of the molecule is COCCOCCC(=O)N1CCC[C@@H]1Cc1ccccc1OC. The van der Waals surface area contributed by atoms with Crippen LogP contribution in [0.2, 0.25) is 0 Å². The Hall–Kier alpha value is -1.59. The Labute approximate surface area is 138 Å². The normalized spacial score (nSPS) is 17.5. The lowest BCUT2D eigenvalue weighted by atomic mass is 10.0. The van der Waals surface area contributed by atoms with Gasteiger partial charge in [0.1, 0.15) is 5.75 Å². The molecule has 1 heterocycles. The number of methoxy groups -OCH3 is 2. The van der Waals surface area contributed by atoms with E-state index in [1.54, 1.807) is 14.2 Å². The second-order valence-corrected chi connectivity index (χ2v) is 5.75. The fourth-order valence-electron chi connectivity index (χ4n) is 3.05. The summed E-state index contributed by atoms with van der Waals surface area (Å²) >= 11 is 0. The maximum Gasteiger partial charge on any atom is 0.225 e. The molecule has 0 aromatic heterocycles. The zero-order valence-electron chi connectivity index (χ0n) is 14.1. The Kier molecular flexibility index (Phi) is 7.36. The molecule has 1 fully saturated rings. The molecule has 0 unspecified atom stereocenters. The summed E-state index contributed by atoms with van der Waals surface area (Å²) in [6, 6.07) is 8.30. The Bertz CT molecular complexity index is 492. The molecule has 128 valence electrons. The lowest BCUT2D eigenvalue weighted by Crippen LogP contribution is -2.37. The van der Waals surface area contributed by atoms with E-state index >= 15 is 0 Å². The first-order valence-corrected chi connectivity index (χ1v) is 8.24. The van der Waals surface area contributed by atoms with Crippen molar-refractivity contribution in [3.05, 3.63) is 29.8 Å². The van der Waals surface area contributed by atoms with Crippen molar-refractivity contribution in [2.45, 2.75) is 31.7 Å². The van der Waals surface area contributed by atoms with E-state index in [1.165, 1.54) is 0 Å². The van der Waals surface area contributed by atoms with Crippen molar-refractivity contribution in [2.75, 3.05) is 40.6 Å².